The van der Waals surface area contributed by atoms with Gasteiger partial charge in [0.2, 0.25) is 35.3 Å². The predicted molar refractivity (Wildman–Crippen MR) is 179 cm³/mol. The highest BCUT2D eigenvalue weighted by atomic mass is 32.1. The fourth-order valence-electron chi connectivity index (χ4n) is 5.15. The smallest absolute Gasteiger partial charge is 0.243 e. The maximum Gasteiger partial charge on any atom is 0.243 e. The summed E-state index contributed by atoms with van der Waals surface area (Å²) in [4.78, 5) is 83.1. The lowest BCUT2D eigenvalue weighted by Gasteiger charge is -2.27. The summed E-state index contributed by atoms with van der Waals surface area (Å²) in [6, 6.07) is 3.16. The third-order valence-electron chi connectivity index (χ3n) is 7.46. The zero-order chi connectivity index (χ0) is 34.5. The Morgan fingerprint density at radius 1 is 1.11 bits per heavy atom. The molecule has 1 aliphatic heterocycles. The average Bonchev–Trinajstić information content (AvgIpc) is 3.44. The minimum atomic E-state index is -1.18. The third kappa shape index (κ3) is 12.0. The van der Waals surface area contributed by atoms with E-state index in [1.165, 1.54) is 18.3 Å². The summed E-state index contributed by atoms with van der Waals surface area (Å²) in [5, 5.41) is 16.7. The molecule has 4 atom stereocenters. The number of carbonyl (C=O) groups excluding carboxylic acids is 6. The molecule has 1 aromatic heterocycles. The molecule has 1 aromatic carbocycles. The molecule has 1 fully saturated rings. The molecule has 0 saturated carbocycles. The number of thiazole rings is 1. The van der Waals surface area contributed by atoms with Crippen molar-refractivity contribution in [3.05, 3.63) is 41.7 Å². The summed E-state index contributed by atoms with van der Waals surface area (Å²) in [7, 11) is 0. The maximum absolute atomic E-state index is 13.8. The number of carbonyl (C=O) groups is 6. The van der Waals surface area contributed by atoms with E-state index < -0.39 is 53.7 Å². The first-order valence-corrected chi connectivity index (χ1v) is 16.7. The molecule has 256 valence electrons. The molecule has 1 aliphatic rings. The van der Waals surface area contributed by atoms with Crippen LogP contribution in [0.4, 0.5) is 0 Å². The molecule has 0 spiro atoms. The Bertz CT molecular complexity index is 1430. The SMILES string of the molecule is C=C(N)NCCC[C@H](NC(=O)[C@@H]1CCCCNC(=O)C[C@H](NC(C)=O)C(=O)N[C@@H](CC(C)C)C(=O)N1)C(=O)c1nc2ccccc2s1. The molecule has 1 saturated heterocycles. The van der Waals surface area contributed by atoms with E-state index >= 15 is 0 Å². The molecule has 0 unspecified atom stereocenters. The van der Waals surface area contributed by atoms with Gasteiger partial charge in [0.25, 0.3) is 0 Å². The number of benzene rings is 1. The Morgan fingerprint density at radius 2 is 1.85 bits per heavy atom. The zero-order valence-electron chi connectivity index (χ0n) is 27.1. The molecular weight excluding hydrogens is 624 g/mol. The van der Waals surface area contributed by atoms with Crippen molar-refractivity contribution in [1.82, 2.24) is 36.9 Å². The van der Waals surface area contributed by atoms with E-state index in [1.54, 1.807) is 0 Å². The van der Waals surface area contributed by atoms with Gasteiger partial charge in [-0.3, -0.25) is 28.8 Å². The standard InChI is InChI=1S/C32H46N8O6S/c1-18(2)16-24-30(45)38-23(11-7-8-14-35-27(42)17-25(31(46)39-24)36-20(4)41)29(44)37-22(12-9-15-34-19(3)33)28(43)32-40-21-10-5-6-13-26(21)47-32/h5-6,10,13,18,22-25,34H,3,7-9,11-12,14-17,33H2,1-2,4H3,(H,35,42)(H,36,41)(H,37,44)(H,38,45)(H,39,46)/t22-,23-,24-,25-/m0/s1. The number of aromatic nitrogens is 1. The van der Waals surface area contributed by atoms with Gasteiger partial charge in [-0.25, -0.2) is 4.98 Å². The van der Waals surface area contributed by atoms with E-state index in [9.17, 15) is 28.8 Å². The van der Waals surface area contributed by atoms with Gasteiger partial charge in [-0.15, -0.1) is 11.3 Å². The van der Waals surface area contributed by atoms with Gasteiger partial charge in [-0.1, -0.05) is 32.6 Å². The number of nitrogens with two attached hydrogens (primary N) is 1. The van der Waals surface area contributed by atoms with Crippen LogP contribution in [0, 0.1) is 5.92 Å². The second kappa shape index (κ2) is 18.0. The lowest BCUT2D eigenvalue weighted by molar-refractivity contribution is -0.135. The molecule has 8 N–H and O–H groups in total. The van der Waals surface area contributed by atoms with Crippen LogP contribution < -0.4 is 37.6 Å². The van der Waals surface area contributed by atoms with Crippen molar-refractivity contribution in [1.29, 1.82) is 0 Å². The minimum absolute atomic E-state index is 0.0197. The van der Waals surface area contributed by atoms with Crippen molar-refractivity contribution in [3.8, 4) is 0 Å². The van der Waals surface area contributed by atoms with Gasteiger partial charge in [0.05, 0.1) is 28.5 Å². The molecule has 3 rings (SSSR count). The van der Waals surface area contributed by atoms with E-state index in [0.717, 1.165) is 4.70 Å². The van der Waals surface area contributed by atoms with Gasteiger partial charge < -0.3 is 37.6 Å². The highest BCUT2D eigenvalue weighted by Gasteiger charge is 2.33. The number of rotatable bonds is 12. The summed E-state index contributed by atoms with van der Waals surface area (Å²) in [5.41, 5.74) is 6.29. The molecule has 14 nitrogen and oxygen atoms in total. The van der Waals surface area contributed by atoms with Gasteiger partial charge in [-0.05, 0) is 56.6 Å². The molecular formula is C32H46N8O6S. The van der Waals surface area contributed by atoms with Crippen molar-refractivity contribution >= 4 is 56.9 Å². The van der Waals surface area contributed by atoms with Gasteiger partial charge in [0.1, 0.15) is 18.1 Å². The summed E-state index contributed by atoms with van der Waals surface area (Å²) in [6.07, 6.45) is 1.88. The van der Waals surface area contributed by atoms with E-state index in [2.05, 4.69) is 43.5 Å². The topological polar surface area (TPSA) is 214 Å². The molecule has 0 bridgehead atoms. The summed E-state index contributed by atoms with van der Waals surface area (Å²) in [6.45, 7) is 9.29. The summed E-state index contributed by atoms with van der Waals surface area (Å²) >= 11 is 1.24. The third-order valence-corrected chi connectivity index (χ3v) is 8.51. The predicted octanol–water partition coefficient (Wildman–Crippen LogP) is 0.974. The summed E-state index contributed by atoms with van der Waals surface area (Å²) in [5.74, 6) is -2.86. The number of Topliss-reactive ketones (excluding diaryl/α,β-unsaturated/α-hetero) is 1. The van der Waals surface area contributed by atoms with Crippen LogP contribution in [0.25, 0.3) is 10.2 Å². The lowest BCUT2D eigenvalue weighted by atomic mass is 10.00. The monoisotopic (exact) mass is 670 g/mol. The molecule has 15 heteroatoms. The van der Waals surface area contributed by atoms with Crippen molar-refractivity contribution in [2.75, 3.05) is 13.1 Å². The van der Waals surface area contributed by atoms with Gasteiger partial charge >= 0.3 is 0 Å². The Balaban J connectivity index is 1.85. The number of nitrogens with one attached hydrogen (secondary N) is 6. The molecule has 0 aliphatic carbocycles. The lowest BCUT2D eigenvalue weighted by Crippen LogP contribution is -2.58. The van der Waals surface area contributed by atoms with Gasteiger partial charge in [0, 0.05) is 20.0 Å². The first-order valence-electron chi connectivity index (χ1n) is 15.9. The molecule has 47 heavy (non-hydrogen) atoms. The van der Waals surface area contributed by atoms with E-state index in [0.29, 0.717) is 31.3 Å². The normalized spacial score (nSPS) is 20.3. The van der Waals surface area contributed by atoms with Crippen molar-refractivity contribution in [3.63, 3.8) is 0 Å². The number of para-hydroxylation sites is 1. The molecule has 2 heterocycles. The zero-order valence-corrected chi connectivity index (χ0v) is 28.0. The number of fused-ring (bicyclic) bond motifs is 1. The second-order valence-electron chi connectivity index (χ2n) is 12.1. The summed E-state index contributed by atoms with van der Waals surface area (Å²) < 4.78 is 0.839. The van der Waals surface area contributed by atoms with Crippen LogP contribution >= 0.6 is 11.3 Å². The number of nitrogens with zero attached hydrogens (tertiary/aromatic N) is 1. The van der Waals surface area contributed by atoms with E-state index in [-0.39, 0.29) is 54.8 Å². The van der Waals surface area contributed by atoms with Crippen LogP contribution in [-0.2, 0) is 24.0 Å². The van der Waals surface area contributed by atoms with Crippen molar-refractivity contribution in [2.45, 2.75) is 89.9 Å². The van der Waals surface area contributed by atoms with Crippen LogP contribution in [0.2, 0.25) is 0 Å². The Hall–Kier alpha value is -4.53. The van der Waals surface area contributed by atoms with E-state index in [1.807, 2.05) is 38.1 Å². The Labute approximate surface area is 278 Å². The van der Waals surface area contributed by atoms with Crippen molar-refractivity contribution in [2.24, 2.45) is 11.7 Å². The molecule has 5 amide bonds. The van der Waals surface area contributed by atoms with Crippen LogP contribution in [0.3, 0.4) is 0 Å². The number of amides is 5. The fraction of sp³-hybridized carbons (Fsp3) is 0.531. The highest BCUT2D eigenvalue weighted by molar-refractivity contribution is 7.20. The van der Waals surface area contributed by atoms with Crippen LogP contribution in [0.15, 0.2) is 36.7 Å². The largest absolute Gasteiger partial charge is 0.386 e. The maximum atomic E-state index is 13.8. The van der Waals surface area contributed by atoms with Gasteiger partial charge in [0.15, 0.2) is 5.01 Å². The van der Waals surface area contributed by atoms with Crippen molar-refractivity contribution < 1.29 is 28.8 Å². The quantitative estimate of drug-likeness (QED) is 0.126. The average molecular weight is 671 g/mol. The first kappa shape index (κ1) is 36.9. The van der Waals surface area contributed by atoms with E-state index in [4.69, 9.17) is 5.73 Å². The van der Waals surface area contributed by atoms with Gasteiger partial charge in [-0.2, -0.15) is 0 Å². The second-order valence-corrected chi connectivity index (χ2v) is 13.1. The number of ketones is 1. The number of hydrogen-bond acceptors (Lipinski definition) is 10. The minimum Gasteiger partial charge on any atom is -0.386 e. The Morgan fingerprint density at radius 3 is 2.53 bits per heavy atom. The molecule has 0 radical (unpaired) electrons. The van der Waals surface area contributed by atoms with Crippen LogP contribution in [-0.4, -0.2) is 77.6 Å². The van der Waals surface area contributed by atoms with Crippen LogP contribution in [0.5, 0.6) is 0 Å². The number of hydrogen-bond donors (Lipinski definition) is 7. The Kier molecular flexibility index (Phi) is 14.1. The first-order chi connectivity index (χ1) is 22.3. The highest BCUT2D eigenvalue weighted by Crippen LogP contribution is 2.23. The van der Waals surface area contributed by atoms with Crippen LogP contribution in [0.1, 0.15) is 75.5 Å². The molecule has 2 aromatic rings. The fourth-order valence-corrected chi connectivity index (χ4v) is 6.11.